The second kappa shape index (κ2) is 7.35. The van der Waals surface area contributed by atoms with E-state index in [4.69, 9.17) is 32.9 Å². The van der Waals surface area contributed by atoms with Crippen molar-refractivity contribution < 1.29 is 4.74 Å². The highest BCUT2D eigenvalue weighted by Crippen LogP contribution is 2.29. The van der Waals surface area contributed by atoms with E-state index in [-0.39, 0.29) is 0 Å². The first-order valence-electron chi connectivity index (χ1n) is 8.56. The topological polar surface area (TPSA) is 33.0 Å². The first kappa shape index (κ1) is 17.5. The molecule has 4 rings (SSSR count). The molecule has 0 aliphatic carbocycles. The van der Waals surface area contributed by atoms with Crippen molar-refractivity contribution >= 4 is 34.5 Å². The van der Waals surface area contributed by atoms with Gasteiger partial charge in [-0.3, -0.25) is 4.90 Å². The van der Waals surface area contributed by atoms with E-state index < -0.39 is 0 Å². The number of benzene rings is 1. The van der Waals surface area contributed by atoms with Crippen LogP contribution in [-0.2, 0) is 6.54 Å². The minimum Gasteiger partial charge on any atom is -0.495 e. The number of hydrogen-bond donors (Lipinski definition) is 0. The summed E-state index contributed by atoms with van der Waals surface area (Å²) in [5.74, 6) is 0.829. The van der Waals surface area contributed by atoms with Crippen molar-refractivity contribution in [3.8, 4) is 5.75 Å². The van der Waals surface area contributed by atoms with Gasteiger partial charge in [0.25, 0.3) is 0 Å². The maximum Gasteiger partial charge on any atom is 0.137 e. The summed E-state index contributed by atoms with van der Waals surface area (Å²) >= 11 is 12.3. The fraction of sp³-hybridized carbons (Fsp3) is 0.316. The number of methoxy groups -OCH3 is 1. The molecule has 7 heteroatoms. The van der Waals surface area contributed by atoms with E-state index in [0.29, 0.717) is 10.0 Å². The molecule has 1 aliphatic rings. The predicted octanol–water partition coefficient (Wildman–Crippen LogP) is 3.97. The number of fused-ring (bicyclic) bond motifs is 1. The Balaban J connectivity index is 1.40. The van der Waals surface area contributed by atoms with E-state index in [9.17, 15) is 0 Å². The molecule has 0 atom stereocenters. The summed E-state index contributed by atoms with van der Waals surface area (Å²) in [6.07, 6.45) is 4.02. The normalized spacial score (nSPS) is 15.6. The van der Waals surface area contributed by atoms with Crippen LogP contribution >= 0.6 is 23.2 Å². The van der Waals surface area contributed by atoms with Crippen molar-refractivity contribution in [2.45, 2.75) is 6.54 Å². The second-order valence-electron chi connectivity index (χ2n) is 6.43. The van der Waals surface area contributed by atoms with Crippen LogP contribution in [0.1, 0.15) is 5.69 Å². The third-order valence-corrected chi connectivity index (χ3v) is 5.26. The van der Waals surface area contributed by atoms with Crippen LogP contribution in [0.25, 0.3) is 5.65 Å². The van der Waals surface area contributed by atoms with Crippen molar-refractivity contribution in [2.75, 3.05) is 38.2 Å². The van der Waals surface area contributed by atoms with Crippen molar-refractivity contribution in [2.24, 2.45) is 0 Å². The highest BCUT2D eigenvalue weighted by atomic mass is 35.5. The molecule has 1 aliphatic heterocycles. The highest BCUT2D eigenvalue weighted by Gasteiger charge is 2.20. The Morgan fingerprint density at radius 2 is 1.85 bits per heavy atom. The fourth-order valence-electron chi connectivity index (χ4n) is 3.33. The SMILES string of the molecule is COc1ccc2nc(CN3CCN(c4ccc(Cl)cc4Cl)CC3)cn2c1. The summed E-state index contributed by atoms with van der Waals surface area (Å²) in [7, 11) is 1.67. The van der Waals surface area contributed by atoms with Crippen molar-refractivity contribution in [3.63, 3.8) is 0 Å². The number of nitrogens with zero attached hydrogens (tertiary/aromatic N) is 4. The lowest BCUT2D eigenvalue weighted by atomic mass is 10.2. The van der Waals surface area contributed by atoms with Gasteiger partial charge in [0.1, 0.15) is 11.4 Å². The van der Waals surface area contributed by atoms with Crippen LogP contribution in [0.3, 0.4) is 0 Å². The first-order chi connectivity index (χ1) is 12.6. The standard InChI is InChI=1S/C19H20Cl2N4O/c1-26-16-3-5-19-22-15(12-25(19)13-16)11-23-6-8-24(9-7-23)18-4-2-14(20)10-17(18)21/h2-5,10,12-13H,6-9,11H2,1H3. The lowest BCUT2D eigenvalue weighted by molar-refractivity contribution is 0.247. The van der Waals surface area contributed by atoms with Gasteiger partial charge < -0.3 is 14.0 Å². The number of imidazole rings is 1. The van der Waals surface area contributed by atoms with Gasteiger partial charge in [0, 0.05) is 43.9 Å². The monoisotopic (exact) mass is 390 g/mol. The van der Waals surface area contributed by atoms with Gasteiger partial charge >= 0.3 is 0 Å². The summed E-state index contributed by atoms with van der Waals surface area (Å²) < 4.78 is 7.28. The molecule has 0 saturated carbocycles. The second-order valence-corrected chi connectivity index (χ2v) is 7.27. The Labute approximate surface area is 162 Å². The minimum absolute atomic E-state index is 0.667. The fourth-order valence-corrected chi connectivity index (χ4v) is 3.86. The number of rotatable bonds is 4. The molecule has 5 nitrogen and oxygen atoms in total. The molecule has 0 unspecified atom stereocenters. The summed E-state index contributed by atoms with van der Waals surface area (Å²) in [6, 6.07) is 9.59. The van der Waals surface area contributed by atoms with E-state index in [1.54, 1.807) is 13.2 Å². The van der Waals surface area contributed by atoms with Crippen LogP contribution in [0.4, 0.5) is 5.69 Å². The summed E-state index contributed by atoms with van der Waals surface area (Å²) in [5.41, 5.74) is 3.05. The number of anilines is 1. The molecular weight excluding hydrogens is 371 g/mol. The molecular formula is C19H20Cl2N4O. The lowest BCUT2D eigenvalue weighted by Gasteiger charge is -2.36. The largest absolute Gasteiger partial charge is 0.495 e. The summed E-state index contributed by atoms with van der Waals surface area (Å²) in [6.45, 7) is 4.64. The van der Waals surface area contributed by atoms with Crippen molar-refractivity contribution in [3.05, 3.63) is 58.5 Å². The number of ether oxygens (including phenoxy) is 1. The van der Waals surface area contributed by atoms with E-state index >= 15 is 0 Å². The number of halogens is 2. The summed E-state index contributed by atoms with van der Waals surface area (Å²) in [5, 5.41) is 1.38. The minimum atomic E-state index is 0.667. The average molecular weight is 391 g/mol. The molecule has 26 heavy (non-hydrogen) atoms. The molecule has 0 N–H and O–H groups in total. The van der Waals surface area contributed by atoms with Gasteiger partial charge in [-0.2, -0.15) is 0 Å². The van der Waals surface area contributed by atoms with Gasteiger partial charge in [0.2, 0.25) is 0 Å². The Hall–Kier alpha value is -1.95. The predicted molar refractivity (Wildman–Crippen MR) is 106 cm³/mol. The quantitative estimate of drug-likeness (QED) is 0.674. The average Bonchev–Trinajstić information content (AvgIpc) is 3.04. The summed E-state index contributed by atoms with van der Waals surface area (Å²) in [4.78, 5) is 9.42. The molecule has 1 saturated heterocycles. The van der Waals surface area contributed by atoms with E-state index in [1.807, 2.05) is 34.9 Å². The molecule has 0 radical (unpaired) electrons. The van der Waals surface area contributed by atoms with Gasteiger partial charge in [-0.15, -0.1) is 0 Å². The number of hydrogen-bond acceptors (Lipinski definition) is 4. The van der Waals surface area contributed by atoms with Gasteiger partial charge in [0.05, 0.1) is 29.7 Å². The van der Waals surface area contributed by atoms with E-state index in [2.05, 4.69) is 16.0 Å². The molecule has 0 bridgehead atoms. The van der Waals surface area contributed by atoms with Crippen molar-refractivity contribution in [1.29, 1.82) is 0 Å². The molecule has 2 aromatic heterocycles. The zero-order valence-electron chi connectivity index (χ0n) is 14.5. The molecule has 1 aromatic carbocycles. The maximum absolute atomic E-state index is 6.34. The number of piperazine rings is 1. The van der Waals surface area contributed by atoms with Crippen LogP contribution in [0.2, 0.25) is 10.0 Å². The van der Waals surface area contributed by atoms with Crippen LogP contribution in [0.15, 0.2) is 42.7 Å². The molecule has 3 aromatic rings. The van der Waals surface area contributed by atoms with Crippen molar-refractivity contribution in [1.82, 2.24) is 14.3 Å². The Morgan fingerprint density at radius 1 is 1.04 bits per heavy atom. The third kappa shape index (κ3) is 3.61. The Bertz CT molecular complexity index is 919. The van der Waals surface area contributed by atoms with Gasteiger partial charge in [-0.25, -0.2) is 4.98 Å². The maximum atomic E-state index is 6.34. The number of aromatic nitrogens is 2. The Morgan fingerprint density at radius 3 is 2.58 bits per heavy atom. The van der Waals surface area contributed by atoms with Crippen LogP contribution in [0, 0.1) is 0 Å². The van der Waals surface area contributed by atoms with Crippen LogP contribution in [-0.4, -0.2) is 47.6 Å². The Kier molecular flexibility index (Phi) is 4.94. The van der Waals surface area contributed by atoms with Gasteiger partial charge in [0.15, 0.2) is 0 Å². The van der Waals surface area contributed by atoms with Crippen LogP contribution < -0.4 is 9.64 Å². The van der Waals surface area contributed by atoms with Gasteiger partial charge in [-0.05, 0) is 30.3 Å². The molecule has 0 amide bonds. The zero-order valence-corrected chi connectivity index (χ0v) is 16.0. The van der Waals surface area contributed by atoms with E-state index in [0.717, 1.165) is 55.5 Å². The van der Waals surface area contributed by atoms with E-state index in [1.165, 1.54) is 0 Å². The third-order valence-electron chi connectivity index (χ3n) is 4.72. The number of pyridine rings is 1. The highest BCUT2D eigenvalue weighted by molar-refractivity contribution is 6.36. The zero-order chi connectivity index (χ0) is 18.1. The van der Waals surface area contributed by atoms with Crippen LogP contribution in [0.5, 0.6) is 5.75 Å². The molecule has 1 fully saturated rings. The van der Waals surface area contributed by atoms with Gasteiger partial charge in [-0.1, -0.05) is 23.2 Å². The lowest BCUT2D eigenvalue weighted by Crippen LogP contribution is -2.46. The molecule has 136 valence electrons. The smallest absolute Gasteiger partial charge is 0.137 e. The molecule has 0 spiro atoms. The molecule has 3 heterocycles. The first-order valence-corrected chi connectivity index (χ1v) is 9.32.